The summed E-state index contributed by atoms with van der Waals surface area (Å²) in [6.45, 7) is 7.27. The Kier molecular flexibility index (Phi) is 3.44. The SMILES string of the molecule is Cc1cc(C)nc(NC(=O)C(C)(C)Br)n1. The van der Waals surface area contributed by atoms with Crippen molar-refractivity contribution in [1.82, 2.24) is 9.97 Å². The van der Waals surface area contributed by atoms with Crippen LogP contribution in [-0.2, 0) is 4.79 Å². The Labute approximate surface area is 97.6 Å². The summed E-state index contributed by atoms with van der Waals surface area (Å²) in [5.74, 6) is 0.192. The third-order valence-corrected chi connectivity index (χ3v) is 2.11. The van der Waals surface area contributed by atoms with Crippen LogP contribution in [0.1, 0.15) is 25.2 Å². The first-order valence-corrected chi connectivity index (χ1v) is 5.41. The topological polar surface area (TPSA) is 54.9 Å². The van der Waals surface area contributed by atoms with Crippen molar-refractivity contribution in [2.45, 2.75) is 32.0 Å². The number of aromatic nitrogens is 2. The van der Waals surface area contributed by atoms with Crippen LogP contribution < -0.4 is 5.32 Å². The van der Waals surface area contributed by atoms with Crippen molar-refractivity contribution in [1.29, 1.82) is 0 Å². The quantitative estimate of drug-likeness (QED) is 0.840. The molecular formula is C10H14BrN3O. The zero-order valence-electron chi connectivity index (χ0n) is 9.26. The van der Waals surface area contributed by atoms with Gasteiger partial charge in [-0.2, -0.15) is 0 Å². The molecule has 1 aromatic rings. The van der Waals surface area contributed by atoms with Gasteiger partial charge < -0.3 is 0 Å². The van der Waals surface area contributed by atoms with Crippen LogP contribution in [0, 0.1) is 13.8 Å². The van der Waals surface area contributed by atoms with Crippen LogP contribution in [0.2, 0.25) is 0 Å². The maximum atomic E-state index is 11.6. The molecule has 0 saturated heterocycles. The summed E-state index contributed by atoms with van der Waals surface area (Å²) in [5.41, 5.74) is 1.68. The van der Waals surface area contributed by atoms with Crippen molar-refractivity contribution in [3.05, 3.63) is 17.5 Å². The molecule has 0 aliphatic carbocycles. The Balaban J connectivity index is 2.86. The number of alkyl halides is 1. The molecule has 0 spiro atoms. The standard InChI is InChI=1S/C10H14BrN3O/c1-6-5-7(2)13-9(12-6)14-8(15)10(3,4)11/h5H,1-4H3,(H,12,13,14,15). The van der Waals surface area contributed by atoms with Crippen LogP contribution in [0.5, 0.6) is 0 Å². The van der Waals surface area contributed by atoms with Gasteiger partial charge >= 0.3 is 0 Å². The average Bonchev–Trinajstić information content (AvgIpc) is 1.99. The monoisotopic (exact) mass is 271 g/mol. The fourth-order valence-electron chi connectivity index (χ4n) is 1.03. The molecule has 0 atom stereocenters. The van der Waals surface area contributed by atoms with Gasteiger partial charge in [0.25, 0.3) is 0 Å². The van der Waals surface area contributed by atoms with Crippen LogP contribution >= 0.6 is 15.9 Å². The maximum Gasteiger partial charge on any atom is 0.243 e. The second-order valence-electron chi connectivity index (χ2n) is 3.90. The fraction of sp³-hybridized carbons (Fsp3) is 0.500. The van der Waals surface area contributed by atoms with E-state index in [1.54, 1.807) is 13.8 Å². The lowest BCUT2D eigenvalue weighted by Crippen LogP contribution is -2.31. The minimum Gasteiger partial charge on any atom is -0.293 e. The molecule has 0 unspecified atom stereocenters. The zero-order chi connectivity index (χ0) is 11.6. The molecule has 0 fully saturated rings. The van der Waals surface area contributed by atoms with Gasteiger partial charge in [0.15, 0.2) is 0 Å². The Morgan fingerprint density at radius 1 is 1.33 bits per heavy atom. The van der Waals surface area contributed by atoms with Gasteiger partial charge in [-0.3, -0.25) is 10.1 Å². The average molecular weight is 272 g/mol. The van der Waals surface area contributed by atoms with Gasteiger partial charge in [0.2, 0.25) is 11.9 Å². The number of hydrogen-bond acceptors (Lipinski definition) is 3. The van der Waals surface area contributed by atoms with Gasteiger partial charge in [-0.05, 0) is 33.8 Å². The van der Waals surface area contributed by atoms with Crippen LogP contribution in [0.25, 0.3) is 0 Å². The van der Waals surface area contributed by atoms with E-state index in [-0.39, 0.29) is 5.91 Å². The Hall–Kier alpha value is -0.970. The normalized spacial score (nSPS) is 11.3. The number of aryl methyl sites for hydroxylation is 2. The van der Waals surface area contributed by atoms with Crippen molar-refractivity contribution >= 4 is 27.8 Å². The summed E-state index contributed by atoms with van der Waals surface area (Å²) < 4.78 is -0.617. The lowest BCUT2D eigenvalue weighted by molar-refractivity contribution is -0.117. The molecule has 1 rings (SSSR count). The van der Waals surface area contributed by atoms with Crippen molar-refractivity contribution < 1.29 is 4.79 Å². The summed E-state index contributed by atoms with van der Waals surface area (Å²) in [6.07, 6.45) is 0. The first-order chi connectivity index (χ1) is 6.79. The molecule has 0 aliphatic heterocycles. The molecule has 15 heavy (non-hydrogen) atoms. The molecule has 0 bridgehead atoms. The van der Waals surface area contributed by atoms with E-state index in [1.807, 2.05) is 19.9 Å². The zero-order valence-corrected chi connectivity index (χ0v) is 10.8. The first kappa shape index (κ1) is 12.1. The second kappa shape index (κ2) is 4.26. The highest BCUT2D eigenvalue weighted by molar-refractivity contribution is 9.10. The van der Waals surface area contributed by atoms with Crippen LogP contribution in [0.3, 0.4) is 0 Å². The van der Waals surface area contributed by atoms with Gasteiger partial charge in [-0.15, -0.1) is 0 Å². The molecule has 1 amide bonds. The second-order valence-corrected chi connectivity index (χ2v) is 5.88. The third-order valence-electron chi connectivity index (χ3n) is 1.75. The molecule has 0 aromatic carbocycles. The van der Waals surface area contributed by atoms with E-state index in [9.17, 15) is 4.79 Å². The maximum absolute atomic E-state index is 11.6. The van der Waals surface area contributed by atoms with Gasteiger partial charge in [0, 0.05) is 11.4 Å². The largest absolute Gasteiger partial charge is 0.293 e. The summed E-state index contributed by atoms with van der Waals surface area (Å²) >= 11 is 3.27. The molecule has 1 N–H and O–H groups in total. The lowest BCUT2D eigenvalue weighted by atomic mass is 10.2. The van der Waals surface area contributed by atoms with Crippen molar-refractivity contribution in [3.63, 3.8) is 0 Å². The fourth-order valence-corrected chi connectivity index (χ4v) is 1.13. The Morgan fingerprint density at radius 3 is 2.20 bits per heavy atom. The summed E-state index contributed by atoms with van der Waals surface area (Å²) in [6, 6.07) is 1.86. The van der Waals surface area contributed by atoms with Crippen LogP contribution in [-0.4, -0.2) is 20.2 Å². The number of rotatable bonds is 2. The highest BCUT2D eigenvalue weighted by atomic mass is 79.9. The summed E-state index contributed by atoms with van der Waals surface area (Å²) in [7, 11) is 0. The minimum atomic E-state index is -0.617. The number of halogens is 1. The molecule has 0 aliphatic rings. The molecule has 4 nitrogen and oxygen atoms in total. The van der Waals surface area contributed by atoms with Gasteiger partial charge in [0.1, 0.15) is 0 Å². The lowest BCUT2D eigenvalue weighted by Gasteiger charge is -2.15. The number of anilines is 1. The molecule has 5 heteroatoms. The Bertz CT molecular complexity index is 364. The number of amides is 1. The first-order valence-electron chi connectivity index (χ1n) is 4.61. The van der Waals surface area contributed by atoms with E-state index in [0.29, 0.717) is 5.95 Å². The number of carbonyl (C=O) groups is 1. The molecule has 1 aromatic heterocycles. The molecular weight excluding hydrogens is 258 g/mol. The summed E-state index contributed by atoms with van der Waals surface area (Å²) in [5, 5.41) is 2.66. The van der Waals surface area contributed by atoms with Crippen molar-refractivity contribution in [2.24, 2.45) is 0 Å². The number of nitrogens with zero attached hydrogens (tertiary/aromatic N) is 2. The summed E-state index contributed by atoms with van der Waals surface area (Å²) in [4.78, 5) is 19.9. The number of nitrogens with one attached hydrogen (secondary N) is 1. The van der Waals surface area contributed by atoms with Gasteiger partial charge in [-0.1, -0.05) is 15.9 Å². The predicted molar refractivity (Wildman–Crippen MR) is 63.1 cm³/mol. The van der Waals surface area contributed by atoms with Crippen LogP contribution in [0.4, 0.5) is 5.95 Å². The van der Waals surface area contributed by atoms with E-state index < -0.39 is 4.32 Å². The van der Waals surface area contributed by atoms with E-state index in [1.165, 1.54) is 0 Å². The van der Waals surface area contributed by atoms with Gasteiger partial charge in [-0.25, -0.2) is 9.97 Å². The predicted octanol–water partition coefficient (Wildman–Crippen LogP) is 2.21. The molecule has 0 saturated carbocycles. The van der Waals surface area contributed by atoms with Crippen molar-refractivity contribution in [3.8, 4) is 0 Å². The van der Waals surface area contributed by atoms with E-state index in [4.69, 9.17) is 0 Å². The third kappa shape index (κ3) is 3.58. The van der Waals surface area contributed by atoms with Crippen LogP contribution in [0.15, 0.2) is 6.07 Å². The van der Waals surface area contributed by atoms with Gasteiger partial charge in [0.05, 0.1) is 4.32 Å². The minimum absolute atomic E-state index is 0.160. The van der Waals surface area contributed by atoms with E-state index in [2.05, 4.69) is 31.2 Å². The number of carbonyl (C=O) groups excluding carboxylic acids is 1. The van der Waals surface area contributed by atoms with E-state index >= 15 is 0 Å². The highest BCUT2D eigenvalue weighted by Crippen LogP contribution is 2.17. The molecule has 1 heterocycles. The Morgan fingerprint density at radius 2 is 1.80 bits per heavy atom. The highest BCUT2D eigenvalue weighted by Gasteiger charge is 2.24. The molecule has 82 valence electrons. The smallest absolute Gasteiger partial charge is 0.243 e. The van der Waals surface area contributed by atoms with E-state index in [0.717, 1.165) is 11.4 Å². The van der Waals surface area contributed by atoms with Crippen molar-refractivity contribution in [2.75, 3.05) is 5.32 Å². The number of hydrogen-bond donors (Lipinski definition) is 1. The molecule has 0 radical (unpaired) electrons.